The van der Waals surface area contributed by atoms with E-state index in [0.717, 1.165) is 12.6 Å². The SMILES string of the molecule is CN1CCO[C@@H]2CN(C(=O)NCc3nccc(C(F)F)n3)C[C@@H]21. The molecule has 3 rings (SSSR count). The second-order valence-corrected chi connectivity index (χ2v) is 5.72. The molecule has 2 fully saturated rings. The lowest BCUT2D eigenvalue weighted by molar-refractivity contribution is -0.0367. The third-order valence-electron chi connectivity index (χ3n) is 4.21. The van der Waals surface area contributed by atoms with Gasteiger partial charge in [-0.15, -0.1) is 0 Å². The predicted octanol–water partition coefficient (Wildman–Crippen LogP) is 0.639. The molecular formula is C14H19F2N5O2. The summed E-state index contributed by atoms with van der Waals surface area (Å²) in [6.45, 7) is 2.65. The number of morpholine rings is 1. The van der Waals surface area contributed by atoms with Crippen LogP contribution in [0.2, 0.25) is 0 Å². The molecule has 9 heteroatoms. The zero-order chi connectivity index (χ0) is 16.4. The number of likely N-dealkylation sites (N-methyl/N-ethyl adjacent to an activating group) is 1. The zero-order valence-electron chi connectivity index (χ0n) is 12.8. The highest BCUT2D eigenvalue weighted by atomic mass is 19.3. The van der Waals surface area contributed by atoms with Crippen molar-refractivity contribution >= 4 is 6.03 Å². The van der Waals surface area contributed by atoms with Crippen LogP contribution in [0.25, 0.3) is 0 Å². The first kappa shape index (κ1) is 16.0. The number of nitrogens with zero attached hydrogens (tertiary/aromatic N) is 4. The molecule has 1 N–H and O–H groups in total. The topological polar surface area (TPSA) is 70.6 Å². The second kappa shape index (κ2) is 6.71. The first-order chi connectivity index (χ1) is 11.0. The van der Waals surface area contributed by atoms with Gasteiger partial charge in [-0.2, -0.15) is 0 Å². The monoisotopic (exact) mass is 327 g/mol. The Kier molecular flexibility index (Phi) is 4.67. The minimum atomic E-state index is -2.65. The number of aromatic nitrogens is 2. The van der Waals surface area contributed by atoms with Crippen LogP contribution in [-0.2, 0) is 11.3 Å². The normalized spacial score (nSPS) is 24.8. The van der Waals surface area contributed by atoms with Gasteiger partial charge in [0.05, 0.1) is 31.8 Å². The van der Waals surface area contributed by atoms with Crippen LogP contribution in [0.15, 0.2) is 12.3 Å². The summed E-state index contributed by atoms with van der Waals surface area (Å²) in [4.78, 5) is 23.7. The molecule has 0 bridgehead atoms. The Bertz CT molecular complexity index is 574. The lowest BCUT2D eigenvalue weighted by atomic mass is 10.1. The number of likely N-dealkylation sites (tertiary alicyclic amines) is 1. The molecule has 2 atom stereocenters. The molecule has 1 aromatic rings. The molecule has 0 aliphatic carbocycles. The summed E-state index contributed by atoms with van der Waals surface area (Å²) in [6.07, 6.45) is -1.36. The van der Waals surface area contributed by atoms with Crippen LogP contribution in [0.4, 0.5) is 13.6 Å². The van der Waals surface area contributed by atoms with Gasteiger partial charge in [0, 0.05) is 19.3 Å². The van der Waals surface area contributed by atoms with Crippen molar-refractivity contribution in [3.63, 3.8) is 0 Å². The van der Waals surface area contributed by atoms with Gasteiger partial charge in [-0.3, -0.25) is 4.90 Å². The van der Waals surface area contributed by atoms with E-state index in [0.29, 0.717) is 19.7 Å². The van der Waals surface area contributed by atoms with E-state index in [2.05, 4.69) is 20.2 Å². The molecule has 0 aromatic carbocycles. The summed E-state index contributed by atoms with van der Waals surface area (Å²) in [5.41, 5.74) is -0.341. The van der Waals surface area contributed by atoms with Gasteiger partial charge >= 0.3 is 6.03 Å². The van der Waals surface area contributed by atoms with E-state index in [-0.39, 0.29) is 36.2 Å². The molecular weight excluding hydrogens is 308 g/mol. The van der Waals surface area contributed by atoms with Crippen LogP contribution in [0.5, 0.6) is 0 Å². The highest BCUT2D eigenvalue weighted by molar-refractivity contribution is 5.74. The molecule has 2 saturated heterocycles. The van der Waals surface area contributed by atoms with E-state index >= 15 is 0 Å². The van der Waals surface area contributed by atoms with Crippen LogP contribution in [-0.4, -0.2) is 71.2 Å². The van der Waals surface area contributed by atoms with Crippen molar-refractivity contribution in [2.45, 2.75) is 25.1 Å². The molecule has 0 saturated carbocycles. The number of hydrogen-bond acceptors (Lipinski definition) is 5. The van der Waals surface area contributed by atoms with Crippen molar-refractivity contribution in [3.05, 3.63) is 23.8 Å². The van der Waals surface area contributed by atoms with Crippen molar-refractivity contribution in [1.82, 2.24) is 25.1 Å². The molecule has 2 aliphatic rings. The summed E-state index contributed by atoms with van der Waals surface area (Å²) in [5.74, 6) is 0.168. The molecule has 2 amide bonds. The molecule has 0 radical (unpaired) electrons. The number of nitrogens with one attached hydrogen (secondary N) is 1. The summed E-state index contributed by atoms with van der Waals surface area (Å²) < 4.78 is 30.9. The number of fused-ring (bicyclic) bond motifs is 1. The van der Waals surface area contributed by atoms with Crippen LogP contribution >= 0.6 is 0 Å². The van der Waals surface area contributed by atoms with E-state index in [9.17, 15) is 13.6 Å². The Morgan fingerprint density at radius 1 is 1.52 bits per heavy atom. The Labute approximate surface area is 132 Å². The maximum absolute atomic E-state index is 12.6. The number of carbonyl (C=O) groups is 1. The molecule has 3 heterocycles. The smallest absolute Gasteiger partial charge is 0.317 e. The van der Waals surface area contributed by atoms with Crippen molar-refractivity contribution in [1.29, 1.82) is 0 Å². The summed E-state index contributed by atoms with van der Waals surface area (Å²) >= 11 is 0. The quantitative estimate of drug-likeness (QED) is 0.882. The molecule has 126 valence electrons. The highest BCUT2D eigenvalue weighted by Crippen LogP contribution is 2.21. The largest absolute Gasteiger partial charge is 0.373 e. The number of hydrogen-bond donors (Lipinski definition) is 1. The second-order valence-electron chi connectivity index (χ2n) is 5.72. The summed E-state index contributed by atoms with van der Waals surface area (Å²) in [7, 11) is 2.02. The third kappa shape index (κ3) is 3.56. The fourth-order valence-electron chi connectivity index (χ4n) is 2.91. The number of alkyl halides is 2. The average molecular weight is 327 g/mol. The summed E-state index contributed by atoms with van der Waals surface area (Å²) in [6, 6.07) is 1.10. The minimum absolute atomic E-state index is 0.0158. The Morgan fingerprint density at radius 3 is 3.09 bits per heavy atom. The lowest BCUT2D eigenvalue weighted by Gasteiger charge is -2.33. The van der Waals surface area contributed by atoms with Crippen LogP contribution in [0.3, 0.4) is 0 Å². The number of ether oxygens (including phenoxy) is 1. The summed E-state index contributed by atoms with van der Waals surface area (Å²) in [5, 5.41) is 2.67. The minimum Gasteiger partial charge on any atom is -0.373 e. The van der Waals surface area contributed by atoms with E-state index in [1.54, 1.807) is 4.90 Å². The molecule has 23 heavy (non-hydrogen) atoms. The Hall–Kier alpha value is -1.87. The number of rotatable bonds is 3. The first-order valence-corrected chi connectivity index (χ1v) is 7.49. The van der Waals surface area contributed by atoms with E-state index in [1.807, 2.05) is 7.05 Å². The maximum Gasteiger partial charge on any atom is 0.317 e. The maximum atomic E-state index is 12.6. The molecule has 2 aliphatic heterocycles. The van der Waals surface area contributed by atoms with Gasteiger partial charge in [-0.1, -0.05) is 0 Å². The average Bonchev–Trinajstić information content (AvgIpc) is 2.98. The predicted molar refractivity (Wildman–Crippen MR) is 77.0 cm³/mol. The van der Waals surface area contributed by atoms with Crippen molar-refractivity contribution in [3.8, 4) is 0 Å². The number of urea groups is 1. The number of carbonyl (C=O) groups excluding carboxylic acids is 1. The molecule has 0 unspecified atom stereocenters. The first-order valence-electron chi connectivity index (χ1n) is 7.49. The lowest BCUT2D eigenvalue weighted by Crippen LogP contribution is -2.48. The van der Waals surface area contributed by atoms with Crippen LogP contribution in [0, 0.1) is 0 Å². The highest BCUT2D eigenvalue weighted by Gasteiger charge is 2.40. The van der Waals surface area contributed by atoms with Crippen LogP contribution in [0.1, 0.15) is 17.9 Å². The Balaban J connectivity index is 1.55. The van der Waals surface area contributed by atoms with E-state index in [1.165, 1.54) is 6.20 Å². The number of amides is 2. The third-order valence-corrected chi connectivity index (χ3v) is 4.21. The zero-order valence-corrected chi connectivity index (χ0v) is 12.8. The van der Waals surface area contributed by atoms with Gasteiger partial charge in [0.25, 0.3) is 6.43 Å². The van der Waals surface area contributed by atoms with E-state index in [4.69, 9.17) is 4.74 Å². The van der Waals surface area contributed by atoms with Gasteiger partial charge in [-0.25, -0.2) is 23.5 Å². The fraction of sp³-hybridized carbons (Fsp3) is 0.643. The van der Waals surface area contributed by atoms with E-state index < -0.39 is 6.43 Å². The van der Waals surface area contributed by atoms with Crippen LogP contribution < -0.4 is 5.32 Å². The van der Waals surface area contributed by atoms with Crippen molar-refractivity contribution in [2.24, 2.45) is 0 Å². The molecule has 1 aromatic heterocycles. The number of halogens is 2. The fourth-order valence-corrected chi connectivity index (χ4v) is 2.91. The van der Waals surface area contributed by atoms with Gasteiger partial charge in [0.2, 0.25) is 0 Å². The van der Waals surface area contributed by atoms with Crippen molar-refractivity contribution in [2.75, 3.05) is 33.3 Å². The Morgan fingerprint density at radius 2 is 2.35 bits per heavy atom. The standard InChI is InChI=1S/C14H19F2N5O2/c1-20-4-5-23-11-8-21(7-10(11)20)14(22)18-6-12-17-3-2-9(19-12)13(15)16/h2-3,10-11,13H,4-8H2,1H3,(H,18,22)/t10-,11+/m0/s1. The molecule has 7 nitrogen and oxygen atoms in total. The van der Waals surface area contributed by atoms with Gasteiger partial charge in [0.1, 0.15) is 11.5 Å². The van der Waals surface area contributed by atoms with Crippen molar-refractivity contribution < 1.29 is 18.3 Å². The molecule has 0 spiro atoms. The van der Waals surface area contributed by atoms with Gasteiger partial charge < -0.3 is 15.0 Å². The van der Waals surface area contributed by atoms with Gasteiger partial charge in [-0.05, 0) is 13.1 Å². The van der Waals surface area contributed by atoms with Gasteiger partial charge in [0.15, 0.2) is 0 Å².